The number of ether oxygens (including phenoxy) is 3. The molecule has 0 bridgehead atoms. The highest BCUT2D eigenvalue weighted by Gasteiger charge is 2.34. The molecule has 3 amide bonds. The second-order valence-corrected chi connectivity index (χ2v) is 7.80. The number of furan rings is 1. The molecule has 4 rings (SSSR count). The third kappa shape index (κ3) is 5.12. The summed E-state index contributed by atoms with van der Waals surface area (Å²) in [6, 6.07) is 13.9. The maximum atomic E-state index is 12.8. The van der Waals surface area contributed by atoms with E-state index in [0.717, 1.165) is 10.5 Å². The molecule has 1 aromatic heterocycles. The number of aryl methyl sites for hydroxylation is 1. The summed E-state index contributed by atoms with van der Waals surface area (Å²) in [5.74, 6) is -1.11. The van der Waals surface area contributed by atoms with E-state index in [4.69, 9.17) is 13.9 Å². The van der Waals surface area contributed by atoms with E-state index in [1.165, 1.54) is 38.5 Å². The lowest BCUT2D eigenvalue weighted by atomic mass is 10.1. The molecule has 0 aliphatic carbocycles. The zero-order chi connectivity index (χ0) is 25.8. The number of urea groups is 1. The maximum absolute atomic E-state index is 12.8. The number of amides is 3. The van der Waals surface area contributed by atoms with E-state index in [2.05, 4.69) is 10.1 Å². The van der Waals surface area contributed by atoms with Crippen molar-refractivity contribution in [3.63, 3.8) is 0 Å². The van der Waals surface area contributed by atoms with Crippen LogP contribution in [0.1, 0.15) is 37.8 Å². The molecule has 10 heteroatoms. The van der Waals surface area contributed by atoms with E-state index in [-0.39, 0.29) is 35.3 Å². The van der Waals surface area contributed by atoms with Gasteiger partial charge in [-0.3, -0.25) is 9.69 Å². The summed E-state index contributed by atoms with van der Waals surface area (Å²) < 4.78 is 20.7. The lowest BCUT2D eigenvalue weighted by Gasteiger charge is -2.10. The van der Waals surface area contributed by atoms with E-state index >= 15 is 0 Å². The summed E-state index contributed by atoms with van der Waals surface area (Å²) in [5, 5.41) is 2.51. The van der Waals surface area contributed by atoms with Gasteiger partial charge in [-0.1, -0.05) is 23.8 Å². The van der Waals surface area contributed by atoms with Crippen LogP contribution in [0.25, 0.3) is 6.08 Å². The molecule has 1 N–H and O–H groups in total. The van der Waals surface area contributed by atoms with Crippen molar-refractivity contribution < 1.29 is 37.8 Å². The zero-order valence-corrected chi connectivity index (χ0v) is 19.7. The second kappa shape index (κ2) is 10.2. The number of carbonyl (C=O) groups excluding carboxylic acids is 4. The number of benzene rings is 2. The zero-order valence-electron chi connectivity index (χ0n) is 19.7. The Labute approximate surface area is 206 Å². The number of hydrogen-bond donors (Lipinski definition) is 1. The van der Waals surface area contributed by atoms with E-state index in [0.29, 0.717) is 11.1 Å². The van der Waals surface area contributed by atoms with Crippen molar-refractivity contribution in [2.24, 2.45) is 0 Å². The van der Waals surface area contributed by atoms with Crippen LogP contribution >= 0.6 is 0 Å². The van der Waals surface area contributed by atoms with Crippen molar-refractivity contribution in [2.75, 3.05) is 14.2 Å². The number of carbonyl (C=O) groups is 4. The van der Waals surface area contributed by atoms with Gasteiger partial charge in [0, 0.05) is 0 Å². The van der Waals surface area contributed by atoms with Crippen LogP contribution in [0.2, 0.25) is 0 Å². The van der Waals surface area contributed by atoms with Gasteiger partial charge in [0.1, 0.15) is 11.5 Å². The first-order valence-corrected chi connectivity index (χ1v) is 10.8. The monoisotopic (exact) mass is 490 g/mol. The molecular formula is C26H22N2O8. The van der Waals surface area contributed by atoms with Crippen molar-refractivity contribution in [1.82, 2.24) is 10.2 Å². The minimum Gasteiger partial charge on any atom is -0.493 e. The van der Waals surface area contributed by atoms with Gasteiger partial charge in [-0.05, 0) is 55.0 Å². The minimum atomic E-state index is -0.666. The van der Waals surface area contributed by atoms with E-state index in [1.54, 1.807) is 24.3 Å². The molecule has 36 heavy (non-hydrogen) atoms. The van der Waals surface area contributed by atoms with Crippen LogP contribution in [0.15, 0.2) is 64.7 Å². The molecule has 0 atom stereocenters. The van der Waals surface area contributed by atoms with Crippen molar-refractivity contribution in [3.8, 4) is 11.5 Å². The highest BCUT2D eigenvalue weighted by molar-refractivity contribution is 6.13. The van der Waals surface area contributed by atoms with Gasteiger partial charge in [0.2, 0.25) is 5.76 Å². The fourth-order valence-electron chi connectivity index (χ4n) is 3.42. The van der Waals surface area contributed by atoms with Crippen LogP contribution in [-0.4, -0.2) is 43.0 Å². The fourth-order valence-corrected chi connectivity index (χ4v) is 3.42. The number of esters is 2. The van der Waals surface area contributed by atoms with E-state index < -0.39 is 23.9 Å². The van der Waals surface area contributed by atoms with Gasteiger partial charge in [0.25, 0.3) is 5.91 Å². The average Bonchev–Trinajstić information content (AvgIpc) is 3.45. The molecule has 184 valence electrons. The van der Waals surface area contributed by atoms with Gasteiger partial charge < -0.3 is 23.9 Å². The van der Waals surface area contributed by atoms with Crippen LogP contribution in [0.3, 0.4) is 0 Å². The largest absolute Gasteiger partial charge is 0.493 e. The molecule has 1 saturated heterocycles. The Hall–Kier alpha value is -4.86. The molecule has 2 aromatic carbocycles. The van der Waals surface area contributed by atoms with Crippen molar-refractivity contribution >= 4 is 30.0 Å². The standard InChI is InChI=1S/C26H22N2O8/c1-15-4-7-17(8-5-15)24(30)36-20-10-6-16(13-22(20)33-2)12-19-23(29)28(26(32)27-19)14-18-9-11-21(35-18)25(31)34-3/h4-13H,14H2,1-3H3,(H,27,32)/b19-12-. The Morgan fingerprint density at radius 1 is 0.972 bits per heavy atom. The molecule has 0 radical (unpaired) electrons. The molecule has 10 nitrogen and oxygen atoms in total. The first-order chi connectivity index (χ1) is 17.3. The SMILES string of the molecule is COC(=O)c1ccc(CN2C(=O)N/C(=C\c3ccc(OC(=O)c4ccc(C)cc4)c(OC)c3)C2=O)o1. The summed E-state index contributed by atoms with van der Waals surface area (Å²) in [4.78, 5) is 50.1. The number of nitrogens with zero attached hydrogens (tertiary/aromatic N) is 1. The first-order valence-electron chi connectivity index (χ1n) is 10.8. The molecule has 1 aliphatic rings. The highest BCUT2D eigenvalue weighted by atomic mass is 16.6. The summed E-state index contributed by atoms with van der Waals surface area (Å²) in [6.07, 6.45) is 1.47. The molecule has 1 aliphatic heterocycles. The van der Waals surface area contributed by atoms with Crippen LogP contribution in [0, 0.1) is 6.92 Å². The van der Waals surface area contributed by atoms with E-state index in [1.807, 2.05) is 19.1 Å². The summed E-state index contributed by atoms with van der Waals surface area (Å²) >= 11 is 0. The van der Waals surface area contributed by atoms with Crippen molar-refractivity contribution in [1.29, 1.82) is 0 Å². The second-order valence-electron chi connectivity index (χ2n) is 7.80. The Morgan fingerprint density at radius 3 is 2.42 bits per heavy atom. The smallest absolute Gasteiger partial charge is 0.373 e. The van der Waals surface area contributed by atoms with Gasteiger partial charge >= 0.3 is 18.0 Å². The number of imide groups is 1. The Kier molecular flexibility index (Phi) is 6.86. The predicted molar refractivity (Wildman–Crippen MR) is 126 cm³/mol. The molecule has 2 heterocycles. The lowest BCUT2D eigenvalue weighted by Crippen LogP contribution is -2.30. The van der Waals surface area contributed by atoms with Gasteiger partial charge in [-0.2, -0.15) is 0 Å². The van der Waals surface area contributed by atoms with Gasteiger partial charge in [-0.25, -0.2) is 14.4 Å². The number of hydrogen-bond acceptors (Lipinski definition) is 8. The first kappa shape index (κ1) is 24.3. The van der Waals surface area contributed by atoms with Crippen LogP contribution in [0.4, 0.5) is 4.79 Å². The number of rotatable bonds is 7. The molecular weight excluding hydrogens is 468 g/mol. The topological polar surface area (TPSA) is 124 Å². The van der Waals surface area contributed by atoms with Gasteiger partial charge in [0.15, 0.2) is 11.5 Å². The third-order valence-electron chi connectivity index (χ3n) is 5.31. The molecule has 0 spiro atoms. The molecule has 0 saturated carbocycles. The quantitative estimate of drug-likeness (QED) is 0.230. The molecule has 1 fully saturated rings. The van der Waals surface area contributed by atoms with Crippen LogP contribution in [0.5, 0.6) is 11.5 Å². The Balaban J connectivity index is 1.49. The van der Waals surface area contributed by atoms with Gasteiger partial charge in [-0.15, -0.1) is 0 Å². The predicted octanol–water partition coefficient (Wildman–Crippen LogP) is 3.70. The number of nitrogens with one attached hydrogen (secondary N) is 1. The summed E-state index contributed by atoms with van der Waals surface area (Å²) in [6.45, 7) is 1.75. The minimum absolute atomic E-state index is 0.0335. The highest BCUT2D eigenvalue weighted by Crippen LogP contribution is 2.30. The van der Waals surface area contributed by atoms with Gasteiger partial charge in [0.05, 0.1) is 26.3 Å². The lowest BCUT2D eigenvalue weighted by molar-refractivity contribution is -0.123. The van der Waals surface area contributed by atoms with E-state index in [9.17, 15) is 19.2 Å². The summed E-state index contributed by atoms with van der Waals surface area (Å²) in [7, 11) is 2.64. The normalized spacial score (nSPS) is 14.1. The average molecular weight is 490 g/mol. The molecule has 0 unspecified atom stereocenters. The van der Waals surface area contributed by atoms with Crippen molar-refractivity contribution in [3.05, 3.63) is 88.5 Å². The third-order valence-corrected chi connectivity index (χ3v) is 5.31. The van der Waals surface area contributed by atoms with Crippen LogP contribution < -0.4 is 14.8 Å². The molecule has 3 aromatic rings. The van der Waals surface area contributed by atoms with Crippen LogP contribution in [-0.2, 0) is 16.1 Å². The summed E-state index contributed by atoms with van der Waals surface area (Å²) in [5.41, 5.74) is 1.97. The number of methoxy groups -OCH3 is 2. The van der Waals surface area contributed by atoms with Crippen molar-refractivity contribution in [2.45, 2.75) is 13.5 Å². The fraction of sp³-hybridized carbons (Fsp3) is 0.154. The Bertz CT molecular complexity index is 1370. The maximum Gasteiger partial charge on any atom is 0.373 e. The Morgan fingerprint density at radius 2 is 1.72 bits per heavy atom.